The van der Waals surface area contributed by atoms with Crippen LogP contribution in [0.4, 0.5) is 13.2 Å². The van der Waals surface area contributed by atoms with E-state index >= 15 is 0 Å². The molecule has 0 radical (unpaired) electrons. The zero-order valence-electron chi connectivity index (χ0n) is 13.2. The average molecular weight is 370 g/mol. The Labute approximate surface area is 141 Å². The van der Waals surface area contributed by atoms with E-state index in [1.165, 1.54) is 30.1 Å². The Balaban J connectivity index is 2.26. The molecule has 0 aliphatic heterocycles. The monoisotopic (exact) mass is 370 g/mol. The second kappa shape index (κ2) is 5.80. The van der Waals surface area contributed by atoms with Gasteiger partial charge in [-0.15, -0.1) is 0 Å². The van der Waals surface area contributed by atoms with Crippen molar-refractivity contribution in [1.82, 2.24) is 19.5 Å². The molecule has 0 fully saturated rings. The van der Waals surface area contributed by atoms with Crippen LogP contribution in [0.2, 0.25) is 0 Å². The van der Waals surface area contributed by atoms with Crippen molar-refractivity contribution in [2.45, 2.75) is 18.0 Å². The third-order valence-corrected chi connectivity index (χ3v) is 5.54. The number of benzene rings is 1. The molecule has 3 rings (SSSR count). The maximum Gasteiger partial charge on any atom is 0.416 e. The van der Waals surface area contributed by atoms with Gasteiger partial charge in [-0.25, -0.2) is 23.4 Å². The first-order chi connectivity index (χ1) is 11.6. The number of hydrogen-bond acceptors (Lipinski definition) is 5. The zero-order valence-corrected chi connectivity index (χ0v) is 14.1. The minimum Gasteiger partial charge on any atom is -0.326 e. The molecular weight excluding hydrogens is 357 g/mol. The average Bonchev–Trinajstić information content (AvgIpc) is 2.90. The van der Waals surface area contributed by atoms with Crippen molar-refractivity contribution in [3.63, 3.8) is 0 Å². The molecule has 0 bridgehead atoms. The summed E-state index contributed by atoms with van der Waals surface area (Å²) in [7, 11) is -2.04. The van der Waals surface area contributed by atoms with Gasteiger partial charge in [0.1, 0.15) is 16.9 Å². The summed E-state index contributed by atoms with van der Waals surface area (Å²) in [5.41, 5.74) is -0.231. The second-order valence-corrected chi connectivity index (χ2v) is 7.58. The largest absolute Gasteiger partial charge is 0.416 e. The molecule has 3 aromatic rings. The Kier molecular flexibility index (Phi) is 4.02. The molecule has 1 aromatic carbocycles. The van der Waals surface area contributed by atoms with Crippen LogP contribution in [0.25, 0.3) is 22.6 Å². The van der Waals surface area contributed by atoms with Crippen LogP contribution in [0.15, 0.2) is 35.6 Å². The Morgan fingerprint density at radius 3 is 2.60 bits per heavy atom. The third-order valence-electron chi connectivity index (χ3n) is 3.81. The lowest BCUT2D eigenvalue weighted by atomic mass is 10.2. The summed E-state index contributed by atoms with van der Waals surface area (Å²) in [6, 6.07) is 3.18. The molecule has 0 saturated heterocycles. The molecule has 0 aliphatic rings. The number of hydrogen-bond donors (Lipinski definition) is 0. The van der Waals surface area contributed by atoms with E-state index < -0.39 is 21.6 Å². The highest BCUT2D eigenvalue weighted by Gasteiger charge is 2.31. The van der Waals surface area contributed by atoms with Crippen LogP contribution in [0, 0.1) is 0 Å². The van der Waals surface area contributed by atoms with Crippen LogP contribution >= 0.6 is 0 Å². The van der Waals surface area contributed by atoms with Crippen LogP contribution in [0.5, 0.6) is 0 Å². The number of aromatic nitrogens is 4. The first-order valence-electron chi connectivity index (χ1n) is 7.22. The van der Waals surface area contributed by atoms with Gasteiger partial charge in [0.15, 0.2) is 15.7 Å². The van der Waals surface area contributed by atoms with Crippen LogP contribution < -0.4 is 0 Å². The fourth-order valence-electron chi connectivity index (χ4n) is 2.46. The van der Waals surface area contributed by atoms with E-state index in [9.17, 15) is 21.6 Å². The molecule has 0 unspecified atom stereocenters. The summed E-state index contributed by atoms with van der Waals surface area (Å²) >= 11 is 0. The van der Waals surface area contributed by atoms with Crippen molar-refractivity contribution in [3.05, 3.63) is 36.3 Å². The lowest BCUT2D eigenvalue weighted by molar-refractivity contribution is -0.137. The molecule has 25 heavy (non-hydrogen) atoms. The van der Waals surface area contributed by atoms with Gasteiger partial charge in [-0.05, 0) is 18.2 Å². The summed E-state index contributed by atoms with van der Waals surface area (Å²) in [6.45, 7) is 1.48. The molecule has 2 heterocycles. The quantitative estimate of drug-likeness (QED) is 0.708. The van der Waals surface area contributed by atoms with Gasteiger partial charge in [-0.1, -0.05) is 6.92 Å². The van der Waals surface area contributed by atoms with E-state index in [1.807, 2.05) is 0 Å². The smallest absolute Gasteiger partial charge is 0.326 e. The number of rotatable bonds is 3. The van der Waals surface area contributed by atoms with E-state index in [-0.39, 0.29) is 27.7 Å². The van der Waals surface area contributed by atoms with Crippen LogP contribution in [-0.4, -0.2) is 33.7 Å². The zero-order chi connectivity index (χ0) is 18.4. The van der Waals surface area contributed by atoms with Crippen LogP contribution in [-0.2, 0) is 23.1 Å². The Bertz CT molecular complexity index is 1060. The maximum atomic E-state index is 12.9. The van der Waals surface area contributed by atoms with Gasteiger partial charge in [-0.2, -0.15) is 13.2 Å². The van der Waals surface area contributed by atoms with Gasteiger partial charge >= 0.3 is 6.18 Å². The Morgan fingerprint density at radius 1 is 1.24 bits per heavy atom. The molecule has 2 aromatic heterocycles. The van der Waals surface area contributed by atoms with E-state index in [0.717, 1.165) is 12.1 Å². The number of alkyl halides is 3. The normalized spacial score (nSPS) is 12.7. The van der Waals surface area contributed by atoms with Crippen LogP contribution in [0.3, 0.4) is 0 Å². The van der Waals surface area contributed by atoms with Gasteiger partial charge in [0.05, 0.1) is 22.3 Å². The second-order valence-electron chi connectivity index (χ2n) is 5.33. The summed E-state index contributed by atoms with van der Waals surface area (Å²) in [5, 5.41) is 0. The van der Waals surface area contributed by atoms with Crippen molar-refractivity contribution < 1.29 is 21.6 Å². The predicted octanol–water partition coefficient (Wildman–Crippen LogP) is 2.84. The number of halogens is 3. The van der Waals surface area contributed by atoms with Gasteiger partial charge in [0, 0.05) is 13.2 Å². The molecule has 0 saturated carbocycles. The number of fused-ring (bicyclic) bond motifs is 1. The molecule has 132 valence electrons. The van der Waals surface area contributed by atoms with Gasteiger partial charge < -0.3 is 4.57 Å². The van der Waals surface area contributed by atoms with E-state index in [0.29, 0.717) is 5.52 Å². The minimum absolute atomic E-state index is 0.0594. The lowest BCUT2D eigenvalue weighted by Crippen LogP contribution is -2.09. The van der Waals surface area contributed by atoms with Gasteiger partial charge in [-0.3, -0.25) is 0 Å². The molecule has 0 aliphatic carbocycles. The highest BCUT2D eigenvalue weighted by Crippen LogP contribution is 2.33. The number of aryl methyl sites for hydroxylation is 1. The third kappa shape index (κ3) is 2.97. The SMILES string of the molecule is CCS(=O)(=O)c1cncnc1-c1nc2cc(C(F)(F)F)ccc2n1C. The number of nitrogens with zero attached hydrogens (tertiary/aromatic N) is 4. The van der Waals surface area contributed by atoms with Crippen molar-refractivity contribution in [2.75, 3.05) is 5.75 Å². The maximum absolute atomic E-state index is 12.9. The van der Waals surface area contributed by atoms with Crippen molar-refractivity contribution in [2.24, 2.45) is 7.05 Å². The lowest BCUT2D eigenvalue weighted by Gasteiger charge is -2.07. The Hall–Kier alpha value is -2.49. The molecule has 0 amide bonds. The summed E-state index contributed by atoms with van der Waals surface area (Å²) < 4.78 is 64.6. The summed E-state index contributed by atoms with van der Waals surface area (Å²) in [5.74, 6) is -0.000955. The highest BCUT2D eigenvalue weighted by atomic mass is 32.2. The van der Waals surface area contributed by atoms with E-state index in [4.69, 9.17) is 0 Å². The summed E-state index contributed by atoms with van der Waals surface area (Å²) in [4.78, 5) is 11.8. The number of sulfone groups is 1. The summed E-state index contributed by atoms with van der Waals surface area (Å²) in [6.07, 6.45) is -2.15. The molecule has 0 atom stereocenters. The molecular formula is C15H13F3N4O2S. The number of imidazole rings is 1. The van der Waals surface area contributed by atoms with Gasteiger partial charge in [0.2, 0.25) is 0 Å². The minimum atomic E-state index is -4.49. The van der Waals surface area contributed by atoms with Crippen LogP contribution in [0.1, 0.15) is 12.5 Å². The molecule has 0 spiro atoms. The molecule has 6 nitrogen and oxygen atoms in total. The van der Waals surface area contributed by atoms with Crippen molar-refractivity contribution in [3.8, 4) is 11.5 Å². The fourth-order valence-corrected chi connectivity index (χ4v) is 3.43. The van der Waals surface area contributed by atoms with Crippen molar-refractivity contribution in [1.29, 1.82) is 0 Å². The Morgan fingerprint density at radius 2 is 1.96 bits per heavy atom. The highest BCUT2D eigenvalue weighted by molar-refractivity contribution is 7.91. The van der Waals surface area contributed by atoms with Crippen molar-refractivity contribution >= 4 is 20.9 Å². The molecule has 10 heteroatoms. The molecule has 0 N–H and O–H groups in total. The van der Waals surface area contributed by atoms with Gasteiger partial charge in [0.25, 0.3) is 0 Å². The van der Waals surface area contributed by atoms with E-state index in [2.05, 4.69) is 15.0 Å². The predicted molar refractivity (Wildman–Crippen MR) is 84.5 cm³/mol. The first-order valence-corrected chi connectivity index (χ1v) is 8.87. The van der Waals surface area contributed by atoms with E-state index in [1.54, 1.807) is 7.05 Å². The first kappa shape index (κ1) is 17.3. The standard InChI is InChI=1S/C15H13F3N4O2S/c1-3-25(23,24)12-7-19-8-20-13(12)14-21-10-6-9(15(16,17)18)4-5-11(10)22(14)2/h4-8H,3H2,1-2H3. The topological polar surface area (TPSA) is 77.7 Å². The fraction of sp³-hybridized carbons (Fsp3) is 0.267.